The minimum Gasteiger partial charge on any atom is -0.361 e. The third kappa shape index (κ3) is 2.97. The number of benzene rings is 1. The Labute approximate surface area is 141 Å². The molecule has 24 heavy (non-hydrogen) atoms. The van der Waals surface area contributed by atoms with Crippen molar-refractivity contribution >= 4 is 20.9 Å². The average molecular weight is 346 g/mol. The number of nitrogens with one attached hydrogen (secondary N) is 2. The van der Waals surface area contributed by atoms with E-state index in [1.54, 1.807) is 18.5 Å². The Kier molecular flexibility index (Phi) is 4.47. The maximum atomic E-state index is 12.6. The molecule has 0 fully saturated rings. The van der Waals surface area contributed by atoms with Crippen LogP contribution in [0.15, 0.2) is 35.4 Å². The van der Waals surface area contributed by atoms with Crippen LogP contribution in [0.3, 0.4) is 0 Å². The smallest absolute Gasteiger partial charge is 0.244 e. The number of aryl methyl sites for hydroxylation is 2. The van der Waals surface area contributed by atoms with E-state index in [0.29, 0.717) is 35.8 Å². The molecule has 2 N–H and O–H groups in total. The van der Waals surface area contributed by atoms with Crippen molar-refractivity contribution in [2.75, 3.05) is 6.54 Å². The van der Waals surface area contributed by atoms with Gasteiger partial charge >= 0.3 is 0 Å². The van der Waals surface area contributed by atoms with E-state index in [2.05, 4.69) is 14.8 Å². The maximum Gasteiger partial charge on any atom is 0.244 e. The van der Waals surface area contributed by atoms with Gasteiger partial charge in [0.05, 0.1) is 11.4 Å². The second-order valence-corrected chi connectivity index (χ2v) is 7.53. The molecule has 0 aliphatic heterocycles. The topological polar surface area (TPSA) is 79.8 Å². The quantitative estimate of drug-likeness (QED) is 0.720. The van der Waals surface area contributed by atoms with E-state index in [9.17, 15) is 8.42 Å². The molecule has 6 nitrogen and oxygen atoms in total. The first-order chi connectivity index (χ1) is 11.4. The van der Waals surface area contributed by atoms with Crippen LogP contribution in [-0.4, -0.2) is 29.7 Å². The fourth-order valence-corrected chi connectivity index (χ4v) is 4.55. The van der Waals surface area contributed by atoms with Gasteiger partial charge in [0.1, 0.15) is 4.90 Å². The molecule has 3 aromatic rings. The van der Waals surface area contributed by atoms with Crippen LogP contribution in [0.25, 0.3) is 10.9 Å². The Morgan fingerprint density at radius 1 is 1.25 bits per heavy atom. The number of rotatable bonds is 6. The van der Waals surface area contributed by atoms with Crippen molar-refractivity contribution in [3.05, 3.63) is 47.4 Å². The van der Waals surface area contributed by atoms with Crippen molar-refractivity contribution in [3.8, 4) is 0 Å². The van der Waals surface area contributed by atoms with E-state index in [4.69, 9.17) is 0 Å². The zero-order valence-electron chi connectivity index (χ0n) is 14.1. The fraction of sp³-hybridized carbons (Fsp3) is 0.353. The number of aromatic nitrogens is 3. The molecule has 0 spiro atoms. The number of H-pyrrole nitrogens is 1. The monoisotopic (exact) mass is 346 g/mol. The number of hydrogen-bond donors (Lipinski definition) is 2. The van der Waals surface area contributed by atoms with E-state index in [1.807, 2.05) is 37.4 Å². The van der Waals surface area contributed by atoms with Crippen molar-refractivity contribution in [2.24, 2.45) is 0 Å². The summed E-state index contributed by atoms with van der Waals surface area (Å²) in [6.45, 7) is 6.46. The van der Waals surface area contributed by atoms with Gasteiger partial charge in [0, 0.05) is 30.2 Å². The van der Waals surface area contributed by atoms with E-state index in [-0.39, 0.29) is 0 Å². The lowest BCUT2D eigenvalue weighted by Gasteiger charge is -2.07. The largest absolute Gasteiger partial charge is 0.361 e. The Bertz CT molecular complexity index is 970. The Morgan fingerprint density at radius 2 is 2.00 bits per heavy atom. The SMILES string of the molecule is CCn1nc(C)c(S(=O)(=O)NCCc2c[nH]c3ccccc23)c1C. The standard InChI is InChI=1S/C17H22N4O2S/c1-4-21-13(3)17(12(2)20-21)24(22,23)19-10-9-14-11-18-16-8-6-5-7-15(14)16/h5-8,11,18-19H,4,9-10H2,1-3H3. The van der Waals surface area contributed by atoms with Gasteiger partial charge in [-0.25, -0.2) is 13.1 Å². The molecule has 0 unspecified atom stereocenters. The van der Waals surface area contributed by atoms with Crippen LogP contribution >= 0.6 is 0 Å². The third-order valence-electron chi connectivity index (χ3n) is 4.24. The summed E-state index contributed by atoms with van der Waals surface area (Å²) in [5.74, 6) is 0. The van der Waals surface area contributed by atoms with Crippen LogP contribution in [0.4, 0.5) is 0 Å². The van der Waals surface area contributed by atoms with Crippen LogP contribution in [0.5, 0.6) is 0 Å². The molecule has 1 aromatic carbocycles. The number of para-hydroxylation sites is 1. The van der Waals surface area contributed by atoms with E-state index < -0.39 is 10.0 Å². The fourth-order valence-electron chi connectivity index (χ4n) is 3.11. The van der Waals surface area contributed by atoms with Gasteiger partial charge in [-0.3, -0.25) is 4.68 Å². The molecular weight excluding hydrogens is 324 g/mol. The van der Waals surface area contributed by atoms with E-state index in [0.717, 1.165) is 16.5 Å². The van der Waals surface area contributed by atoms with Gasteiger partial charge in [-0.05, 0) is 38.8 Å². The van der Waals surface area contributed by atoms with Crippen molar-refractivity contribution in [2.45, 2.75) is 38.6 Å². The maximum absolute atomic E-state index is 12.6. The first-order valence-electron chi connectivity index (χ1n) is 8.02. The van der Waals surface area contributed by atoms with Gasteiger partial charge < -0.3 is 4.98 Å². The molecular formula is C17H22N4O2S. The summed E-state index contributed by atoms with van der Waals surface area (Å²) in [7, 11) is -3.56. The Hall–Kier alpha value is -2.12. The van der Waals surface area contributed by atoms with Crippen LogP contribution < -0.4 is 4.72 Å². The predicted molar refractivity (Wildman–Crippen MR) is 94.6 cm³/mol. The molecule has 0 saturated heterocycles. The lowest BCUT2D eigenvalue weighted by atomic mass is 10.1. The Balaban J connectivity index is 1.75. The van der Waals surface area contributed by atoms with Gasteiger partial charge in [-0.15, -0.1) is 0 Å². The molecule has 0 atom stereocenters. The van der Waals surface area contributed by atoms with E-state index >= 15 is 0 Å². The molecule has 0 aliphatic carbocycles. The number of aromatic amines is 1. The summed E-state index contributed by atoms with van der Waals surface area (Å²) in [6.07, 6.45) is 2.56. The second-order valence-electron chi connectivity index (χ2n) is 5.82. The highest BCUT2D eigenvalue weighted by molar-refractivity contribution is 7.89. The zero-order valence-corrected chi connectivity index (χ0v) is 14.9. The summed E-state index contributed by atoms with van der Waals surface area (Å²) in [5, 5.41) is 5.41. The van der Waals surface area contributed by atoms with E-state index in [1.165, 1.54) is 0 Å². The van der Waals surface area contributed by atoms with Crippen LogP contribution in [0, 0.1) is 13.8 Å². The first-order valence-corrected chi connectivity index (χ1v) is 9.51. The van der Waals surface area contributed by atoms with Gasteiger partial charge in [0.25, 0.3) is 0 Å². The molecule has 0 amide bonds. The van der Waals surface area contributed by atoms with Crippen LogP contribution in [0.2, 0.25) is 0 Å². The summed E-state index contributed by atoms with van der Waals surface area (Å²) in [6, 6.07) is 8.00. The highest BCUT2D eigenvalue weighted by atomic mass is 32.2. The normalized spacial score (nSPS) is 12.1. The lowest BCUT2D eigenvalue weighted by molar-refractivity contribution is 0.579. The molecule has 0 aliphatic rings. The Morgan fingerprint density at radius 3 is 2.71 bits per heavy atom. The van der Waals surface area contributed by atoms with Gasteiger partial charge in [0.15, 0.2) is 0 Å². The van der Waals surface area contributed by atoms with Gasteiger partial charge in [0.2, 0.25) is 10.0 Å². The zero-order chi connectivity index (χ0) is 17.3. The lowest BCUT2D eigenvalue weighted by Crippen LogP contribution is -2.27. The van der Waals surface area contributed by atoms with Gasteiger partial charge in [-0.1, -0.05) is 18.2 Å². The molecule has 0 saturated carbocycles. The summed E-state index contributed by atoms with van der Waals surface area (Å²) in [5.41, 5.74) is 3.38. The molecule has 3 rings (SSSR count). The number of hydrogen-bond acceptors (Lipinski definition) is 3. The summed E-state index contributed by atoms with van der Waals surface area (Å²) < 4.78 is 29.7. The second kappa shape index (κ2) is 6.41. The molecule has 0 radical (unpaired) electrons. The summed E-state index contributed by atoms with van der Waals surface area (Å²) in [4.78, 5) is 3.50. The molecule has 7 heteroatoms. The highest BCUT2D eigenvalue weighted by Gasteiger charge is 2.23. The van der Waals surface area contributed by atoms with Crippen molar-refractivity contribution in [1.82, 2.24) is 19.5 Å². The van der Waals surface area contributed by atoms with Crippen LogP contribution in [-0.2, 0) is 23.0 Å². The molecule has 2 aromatic heterocycles. The van der Waals surface area contributed by atoms with Crippen LogP contribution in [0.1, 0.15) is 23.9 Å². The summed E-state index contributed by atoms with van der Waals surface area (Å²) >= 11 is 0. The minimum atomic E-state index is -3.56. The number of sulfonamides is 1. The van der Waals surface area contributed by atoms with Crippen molar-refractivity contribution in [1.29, 1.82) is 0 Å². The number of fused-ring (bicyclic) bond motifs is 1. The number of nitrogens with zero attached hydrogens (tertiary/aromatic N) is 2. The molecule has 2 heterocycles. The third-order valence-corrected chi connectivity index (χ3v) is 5.96. The van der Waals surface area contributed by atoms with Crippen molar-refractivity contribution < 1.29 is 8.42 Å². The molecule has 128 valence electrons. The first kappa shape index (κ1) is 16.7. The highest BCUT2D eigenvalue weighted by Crippen LogP contribution is 2.20. The van der Waals surface area contributed by atoms with Gasteiger partial charge in [-0.2, -0.15) is 5.10 Å². The minimum absolute atomic E-state index is 0.295. The predicted octanol–water partition coefficient (Wildman–Crippen LogP) is 2.52. The molecule has 0 bridgehead atoms. The van der Waals surface area contributed by atoms with Crippen molar-refractivity contribution in [3.63, 3.8) is 0 Å². The average Bonchev–Trinajstić information content (AvgIpc) is 3.08.